The number of amides is 3. The minimum Gasteiger partial charge on any atom is -0.370 e. The Labute approximate surface area is 187 Å². The fourth-order valence-electron chi connectivity index (χ4n) is 5.67. The highest BCUT2D eigenvalue weighted by molar-refractivity contribution is 5.90. The van der Waals surface area contributed by atoms with Gasteiger partial charge >= 0.3 is 0 Å². The quantitative estimate of drug-likeness (QED) is 0.613. The van der Waals surface area contributed by atoms with Gasteiger partial charge in [-0.2, -0.15) is 0 Å². The van der Waals surface area contributed by atoms with E-state index in [2.05, 4.69) is 19.2 Å². The Kier molecular flexibility index (Phi) is 8.76. The second-order valence-corrected chi connectivity index (χ2v) is 10.4. The number of piperazine rings is 1. The molecule has 3 amide bonds. The summed E-state index contributed by atoms with van der Waals surface area (Å²) in [7, 11) is 0. The second-order valence-electron chi connectivity index (χ2n) is 10.4. The molecule has 2 heterocycles. The highest BCUT2D eigenvalue weighted by Crippen LogP contribution is 2.29. The van der Waals surface area contributed by atoms with Gasteiger partial charge in [0.15, 0.2) is 0 Å². The van der Waals surface area contributed by atoms with Crippen molar-refractivity contribution in [1.82, 2.24) is 15.1 Å². The van der Waals surface area contributed by atoms with Crippen LogP contribution in [0.25, 0.3) is 0 Å². The third-order valence-electron chi connectivity index (χ3n) is 7.39. The van der Waals surface area contributed by atoms with Gasteiger partial charge in [-0.15, -0.1) is 0 Å². The van der Waals surface area contributed by atoms with Crippen LogP contribution in [0.3, 0.4) is 0 Å². The highest BCUT2D eigenvalue weighted by Gasteiger charge is 2.39. The van der Waals surface area contributed by atoms with E-state index < -0.39 is 0 Å². The van der Waals surface area contributed by atoms with Gasteiger partial charge in [0.2, 0.25) is 17.7 Å². The predicted molar refractivity (Wildman–Crippen MR) is 121 cm³/mol. The van der Waals surface area contributed by atoms with Crippen molar-refractivity contribution in [2.45, 2.75) is 90.1 Å². The summed E-state index contributed by atoms with van der Waals surface area (Å²) in [6, 6.07) is -0.531. The van der Waals surface area contributed by atoms with E-state index >= 15 is 0 Å². The molecular formula is C24H42N4O3. The molecule has 3 rings (SSSR count). The lowest BCUT2D eigenvalue weighted by Gasteiger charge is -2.42. The number of likely N-dealkylation sites (tertiary alicyclic amines) is 1. The zero-order chi connectivity index (χ0) is 22.4. The number of nitrogens with one attached hydrogen (secondary N) is 1. The van der Waals surface area contributed by atoms with Crippen LogP contribution in [-0.2, 0) is 14.4 Å². The first-order chi connectivity index (χ1) is 14.8. The van der Waals surface area contributed by atoms with Crippen LogP contribution in [0.15, 0.2) is 0 Å². The van der Waals surface area contributed by atoms with Crippen LogP contribution >= 0.6 is 0 Å². The van der Waals surface area contributed by atoms with E-state index in [1.807, 2.05) is 9.80 Å². The molecule has 3 fully saturated rings. The number of primary amides is 1. The van der Waals surface area contributed by atoms with E-state index in [9.17, 15) is 14.4 Å². The van der Waals surface area contributed by atoms with E-state index in [0.717, 1.165) is 25.8 Å². The molecule has 0 radical (unpaired) electrons. The van der Waals surface area contributed by atoms with Gasteiger partial charge in [-0.1, -0.05) is 46.0 Å². The van der Waals surface area contributed by atoms with Gasteiger partial charge in [-0.3, -0.25) is 14.4 Å². The standard InChI is InChI=1S/C24H42N4O3/c1-17(2)14-21(24(31)27-11-8-19(9-12-27)16-22(25)29)28-13-10-26-20(23(28)30)15-18-6-4-3-5-7-18/h17-21,26H,3-16H2,1-2H3,(H2,25,29)/t20-,21?/m0/s1. The smallest absolute Gasteiger partial charge is 0.245 e. The molecule has 2 saturated heterocycles. The maximum absolute atomic E-state index is 13.5. The summed E-state index contributed by atoms with van der Waals surface area (Å²) in [4.78, 5) is 42.0. The minimum absolute atomic E-state index is 0.0814. The zero-order valence-electron chi connectivity index (χ0n) is 19.5. The molecule has 1 unspecified atom stereocenters. The molecule has 0 aromatic heterocycles. The number of hydrogen-bond acceptors (Lipinski definition) is 4. The largest absolute Gasteiger partial charge is 0.370 e. The number of carbonyl (C=O) groups is 3. The maximum atomic E-state index is 13.5. The third kappa shape index (κ3) is 6.67. The Morgan fingerprint density at radius 2 is 1.71 bits per heavy atom. The van der Waals surface area contributed by atoms with Gasteiger partial charge in [0, 0.05) is 32.6 Å². The van der Waals surface area contributed by atoms with Crippen molar-refractivity contribution < 1.29 is 14.4 Å². The number of carbonyl (C=O) groups excluding carboxylic acids is 3. The van der Waals surface area contributed by atoms with Crippen molar-refractivity contribution >= 4 is 17.7 Å². The van der Waals surface area contributed by atoms with Crippen LogP contribution < -0.4 is 11.1 Å². The van der Waals surface area contributed by atoms with Crippen molar-refractivity contribution in [3.05, 3.63) is 0 Å². The molecule has 1 saturated carbocycles. The number of hydrogen-bond donors (Lipinski definition) is 2. The second kappa shape index (κ2) is 11.3. The maximum Gasteiger partial charge on any atom is 0.245 e. The molecular weight excluding hydrogens is 392 g/mol. The van der Waals surface area contributed by atoms with Crippen molar-refractivity contribution in [2.75, 3.05) is 26.2 Å². The van der Waals surface area contributed by atoms with E-state index in [0.29, 0.717) is 44.3 Å². The van der Waals surface area contributed by atoms with E-state index in [1.165, 1.54) is 32.1 Å². The monoisotopic (exact) mass is 434 g/mol. The predicted octanol–water partition coefficient (Wildman–Crippen LogP) is 2.29. The first-order valence-electron chi connectivity index (χ1n) is 12.5. The van der Waals surface area contributed by atoms with E-state index in [4.69, 9.17) is 5.73 Å². The first-order valence-corrected chi connectivity index (χ1v) is 12.5. The normalized spacial score (nSPS) is 25.1. The van der Waals surface area contributed by atoms with Crippen LogP contribution in [0.2, 0.25) is 0 Å². The van der Waals surface area contributed by atoms with Crippen molar-refractivity contribution in [1.29, 1.82) is 0 Å². The highest BCUT2D eigenvalue weighted by atomic mass is 16.2. The number of nitrogens with zero attached hydrogens (tertiary/aromatic N) is 2. The fraction of sp³-hybridized carbons (Fsp3) is 0.875. The van der Waals surface area contributed by atoms with Crippen LogP contribution in [0.5, 0.6) is 0 Å². The summed E-state index contributed by atoms with van der Waals surface area (Å²) in [5.74, 6) is 1.15. The van der Waals surface area contributed by atoms with Crippen LogP contribution in [0.1, 0.15) is 78.1 Å². The van der Waals surface area contributed by atoms with Gasteiger partial charge < -0.3 is 20.9 Å². The fourth-order valence-corrected chi connectivity index (χ4v) is 5.67. The summed E-state index contributed by atoms with van der Waals surface area (Å²) >= 11 is 0. The van der Waals surface area contributed by atoms with E-state index in [-0.39, 0.29) is 35.7 Å². The topological polar surface area (TPSA) is 95.7 Å². The zero-order valence-corrected chi connectivity index (χ0v) is 19.5. The summed E-state index contributed by atoms with van der Waals surface area (Å²) in [5.41, 5.74) is 5.34. The molecule has 3 N–H and O–H groups in total. The van der Waals surface area contributed by atoms with Crippen molar-refractivity contribution in [3.63, 3.8) is 0 Å². The summed E-state index contributed by atoms with van der Waals surface area (Å²) < 4.78 is 0. The molecule has 176 valence electrons. The third-order valence-corrected chi connectivity index (χ3v) is 7.39. The lowest BCUT2D eigenvalue weighted by molar-refractivity contribution is -0.150. The molecule has 0 aromatic rings. The number of rotatable bonds is 8. The van der Waals surface area contributed by atoms with Crippen LogP contribution in [0.4, 0.5) is 0 Å². The van der Waals surface area contributed by atoms with Crippen molar-refractivity contribution in [2.24, 2.45) is 23.5 Å². The summed E-state index contributed by atoms with van der Waals surface area (Å²) in [6.45, 7) is 6.89. The molecule has 2 atom stereocenters. The molecule has 3 aliphatic rings. The lowest BCUT2D eigenvalue weighted by atomic mass is 9.84. The lowest BCUT2D eigenvalue weighted by Crippen LogP contribution is -2.62. The molecule has 31 heavy (non-hydrogen) atoms. The van der Waals surface area contributed by atoms with Gasteiger partial charge in [0.05, 0.1) is 6.04 Å². The Balaban J connectivity index is 1.64. The molecule has 0 bridgehead atoms. The molecule has 0 spiro atoms. The number of piperidine rings is 1. The van der Waals surface area contributed by atoms with Gasteiger partial charge in [0.25, 0.3) is 0 Å². The Morgan fingerprint density at radius 3 is 2.32 bits per heavy atom. The molecule has 2 aliphatic heterocycles. The SMILES string of the molecule is CC(C)CC(C(=O)N1CCC(CC(N)=O)CC1)N1CCN[C@@H](CC2CCCCC2)C1=O. The molecule has 7 nitrogen and oxygen atoms in total. The number of nitrogens with two attached hydrogens (primary N) is 1. The Morgan fingerprint density at radius 1 is 1.03 bits per heavy atom. The first kappa shape index (κ1) is 24.0. The Bertz CT molecular complexity index is 624. The molecule has 7 heteroatoms. The molecule has 0 aromatic carbocycles. The van der Waals surface area contributed by atoms with Crippen LogP contribution in [0, 0.1) is 17.8 Å². The Hall–Kier alpha value is -1.63. The average molecular weight is 435 g/mol. The van der Waals surface area contributed by atoms with Gasteiger partial charge in [0.1, 0.15) is 6.04 Å². The van der Waals surface area contributed by atoms with Crippen LogP contribution in [-0.4, -0.2) is 65.8 Å². The summed E-state index contributed by atoms with van der Waals surface area (Å²) in [6.07, 6.45) is 9.92. The van der Waals surface area contributed by atoms with Gasteiger partial charge in [-0.25, -0.2) is 0 Å². The van der Waals surface area contributed by atoms with E-state index in [1.54, 1.807) is 0 Å². The average Bonchev–Trinajstić information content (AvgIpc) is 2.74. The minimum atomic E-state index is -0.379. The summed E-state index contributed by atoms with van der Waals surface area (Å²) in [5, 5.41) is 3.44. The van der Waals surface area contributed by atoms with Crippen molar-refractivity contribution in [3.8, 4) is 0 Å². The molecule has 1 aliphatic carbocycles. The van der Waals surface area contributed by atoms with Gasteiger partial charge in [-0.05, 0) is 43.4 Å².